The molecule has 2 rings (SSSR count). The Hall–Kier alpha value is -2.13. The van der Waals surface area contributed by atoms with Crippen molar-refractivity contribution in [1.29, 1.82) is 5.26 Å². The summed E-state index contributed by atoms with van der Waals surface area (Å²) in [6.45, 7) is 1.88. The van der Waals surface area contributed by atoms with Crippen molar-refractivity contribution in [3.63, 3.8) is 0 Å². The van der Waals surface area contributed by atoms with E-state index in [1.54, 1.807) is 24.3 Å². The number of H-pyrrole nitrogens is 1. The fraction of sp³-hybridized carbons (Fsp3) is 0.143. The lowest BCUT2D eigenvalue weighted by Crippen LogP contribution is -2.09. The highest BCUT2D eigenvalue weighted by molar-refractivity contribution is 7.71. The van der Waals surface area contributed by atoms with Crippen LogP contribution in [0.1, 0.15) is 16.7 Å². The van der Waals surface area contributed by atoms with Crippen molar-refractivity contribution < 1.29 is 13.2 Å². The largest absolute Gasteiger partial charge is 0.417 e. The van der Waals surface area contributed by atoms with Crippen LogP contribution in [0.5, 0.6) is 0 Å². The van der Waals surface area contributed by atoms with E-state index in [4.69, 9.17) is 17.5 Å². The van der Waals surface area contributed by atoms with E-state index >= 15 is 0 Å². The molecule has 0 bridgehead atoms. The van der Waals surface area contributed by atoms with Crippen LogP contribution in [0, 0.1) is 22.9 Å². The molecule has 0 aliphatic heterocycles. The molecule has 0 aliphatic carbocycles. The number of rotatable bonds is 1. The number of nitriles is 1. The van der Waals surface area contributed by atoms with E-state index < -0.39 is 17.3 Å². The van der Waals surface area contributed by atoms with Crippen LogP contribution >= 0.6 is 12.2 Å². The average molecular weight is 294 g/mol. The summed E-state index contributed by atoms with van der Waals surface area (Å²) in [5, 5.41) is 8.82. The lowest BCUT2D eigenvalue weighted by Gasteiger charge is -2.11. The number of aryl methyl sites for hydroxylation is 1. The number of pyridine rings is 1. The second-order valence-electron chi connectivity index (χ2n) is 4.28. The van der Waals surface area contributed by atoms with Crippen molar-refractivity contribution in [2.75, 3.05) is 0 Å². The third kappa shape index (κ3) is 2.73. The maximum atomic E-state index is 13.0. The second-order valence-corrected chi connectivity index (χ2v) is 4.68. The SMILES string of the molecule is Cc1ccc(-c2cc(C(F)(F)F)c(C#N)c(=S)[nH]2)cc1. The van der Waals surface area contributed by atoms with Gasteiger partial charge in [0.25, 0.3) is 0 Å². The molecule has 0 saturated heterocycles. The minimum atomic E-state index is -4.62. The Morgan fingerprint density at radius 1 is 1.20 bits per heavy atom. The molecule has 102 valence electrons. The lowest BCUT2D eigenvalue weighted by molar-refractivity contribution is -0.137. The molecule has 0 saturated carbocycles. The van der Waals surface area contributed by atoms with Crippen molar-refractivity contribution in [2.45, 2.75) is 13.1 Å². The number of hydrogen-bond donors (Lipinski definition) is 1. The van der Waals surface area contributed by atoms with Crippen LogP contribution < -0.4 is 0 Å². The van der Waals surface area contributed by atoms with Crippen molar-refractivity contribution in [3.05, 3.63) is 51.7 Å². The molecule has 6 heteroatoms. The molecule has 1 heterocycles. The zero-order chi connectivity index (χ0) is 14.9. The van der Waals surface area contributed by atoms with E-state index in [1.807, 2.05) is 6.92 Å². The number of nitrogens with one attached hydrogen (secondary N) is 1. The van der Waals surface area contributed by atoms with E-state index in [-0.39, 0.29) is 10.3 Å². The van der Waals surface area contributed by atoms with E-state index in [0.717, 1.165) is 11.6 Å². The second kappa shape index (κ2) is 5.10. The highest BCUT2D eigenvalue weighted by Crippen LogP contribution is 2.34. The quantitative estimate of drug-likeness (QED) is 0.780. The maximum Gasteiger partial charge on any atom is 0.417 e. The van der Waals surface area contributed by atoms with Crippen LogP contribution in [0.15, 0.2) is 30.3 Å². The molecule has 1 N–H and O–H groups in total. The summed E-state index contributed by atoms with van der Waals surface area (Å²) in [5.74, 6) is 0. The fourth-order valence-electron chi connectivity index (χ4n) is 1.78. The van der Waals surface area contributed by atoms with Gasteiger partial charge in [0, 0.05) is 5.69 Å². The van der Waals surface area contributed by atoms with Gasteiger partial charge in [0.15, 0.2) is 0 Å². The Balaban J connectivity index is 2.69. The summed E-state index contributed by atoms with van der Waals surface area (Å²) >= 11 is 4.84. The van der Waals surface area contributed by atoms with Crippen LogP contribution in [0.4, 0.5) is 13.2 Å². The molecule has 1 aromatic carbocycles. The lowest BCUT2D eigenvalue weighted by atomic mass is 10.0. The van der Waals surface area contributed by atoms with Crippen LogP contribution in [0.25, 0.3) is 11.3 Å². The van der Waals surface area contributed by atoms with Crippen molar-refractivity contribution in [3.8, 4) is 17.3 Å². The molecule has 0 atom stereocenters. The van der Waals surface area contributed by atoms with Gasteiger partial charge in [-0.05, 0) is 18.6 Å². The number of aromatic nitrogens is 1. The standard InChI is InChI=1S/C14H9F3N2S/c1-8-2-4-9(5-3-8)12-6-11(14(15,16)17)10(7-18)13(20)19-12/h2-6H,1H3,(H,19,20). The first kappa shape index (κ1) is 14.3. The Bertz CT molecular complexity index is 737. The Morgan fingerprint density at radius 2 is 1.80 bits per heavy atom. The minimum Gasteiger partial charge on any atom is -0.345 e. The van der Waals surface area contributed by atoms with E-state index in [9.17, 15) is 13.2 Å². The first-order valence-electron chi connectivity index (χ1n) is 5.64. The van der Waals surface area contributed by atoms with E-state index in [0.29, 0.717) is 5.56 Å². The number of nitrogens with zero attached hydrogens (tertiary/aromatic N) is 1. The van der Waals surface area contributed by atoms with Crippen molar-refractivity contribution in [2.24, 2.45) is 0 Å². The molecule has 2 nitrogen and oxygen atoms in total. The van der Waals surface area contributed by atoms with Gasteiger partial charge < -0.3 is 4.98 Å². The maximum absolute atomic E-state index is 13.0. The van der Waals surface area contributed by atoms with Gasteiger partial charge in [-0.3, -0.25) is 0 Å². The molecule has 0 radical (unpaired) electrons. The van der Waals surface area contributed by atoms with Crippen LogP contribution in [-0.2, 0) is 6.18 Å². The van der Waals surface area contributed by atoms with Gasteiger partial charge in [-0.15, -0.1) is 0 Å². The molecule has 0 amide bonds. The van der Waals surface area contributed by atoms with Crippen molar-refractivity contribution >= 4 is 12.2 Å². The molecule has 1 aromatic heterocycles. The minimum absolute atomic E-state index is 0.210. The monoisotopic (exact) mass is 294 g/mol. The third-order valence-electron chi connectivity index (χ3n) is 2.81. The molecular formula is C14H9F3N2S. The predicted molar refractivity (Wildman–Crippen MR) is 71.5 cm³/mol. The molecule has 0 unspecified atom stereocenters. The summed E-state index contributed by atoms with van der Waals surface area (Å²) < 4.78 is 38.7. The summed E-state index contributed by atoms with van der Waals surface area (Å²) in [6, 6.07) is 9.39. The molecule has 2 aromatic rings. The van der Waals surface area contributed by atoms with E-state index in [1.165, 1.54) is 6.07 Å². The van der Waals surface area contributed by atoms with Gasteiger partial charge in [-0.25, -0.2) is 0 Å². The fourth-order valence-corrected chi connectivity index (χ4v) is 2.05. The summed E-state index contributed by atoms with van der Waals surface area (Å²) in [5.41, 5.74) is 0.248. The zero-order valence-corrected chi connectivity index (χ0v) is 11.2. The predicted octanol–water partition coefficient (Wildman–Crippen LogP) is 4.61. The van der Waals surface area contributed by atoms with Gasteiger partial charge >= 0.3 is 6.18 Å². The Morgan fingerprint density at radius 3 is 2.30 bits per heavy atom. The molecule has 0 aliphatic rings. The summed E-state index contributed by atoms with van der Waals surface area (Å²) in [6.07, 6.45) is -4.62. The number of alkyl halides is 3. The third-order valence-corrected chi connectivity index (χ3v) is 3.12. The molecule has 20 heavy (non-hydrogen) atoms. The number of hydrogen-bond acceptors (Lipinski definition) is 2. The van der Waals surface area contributed by atoms with Gasteiger partial charge in [0.1, 0.15) is 10.7 Å². The molecule has 0 spiro atoms. The first-order chi connectivity index (χ1) is 9.32. The smallest absolute Gasteiger partial charge is 0.345 e. The first-order valence-corrected chi connectivity index (χ1v) is 6.05. The van der Waals surface area contributed by atoms with Crippen LogP contribution in [-0.4, -0.2) is 4.98 Å². The zero-order valence-electron chi connectivity index (χ0n) is 10.4. The van der Waals surface area contributed by atoms with Gasteiger partial charge in [0.2, 0.25) is 0 Å². The molecule has 0 fully saturated rings. The van der Waals surface area contributed by atoms with Crippen LogP contribution in [0.2, 0.25) is 0 Å². The van der Waals surface area contributed by atoms with Crippen molar-refractivity contribution in [1.82, 2.24) is 4.98 Å². The highest BCUT2D eigenvalue weighted by Gasteiger charge is 2.34. The number of halogens is 3. The normalized spacial score (nSPS) is 11.2. The number of aromatic amines is 1. The Labute approximate surface area is 118 Å². The van der Waals surface area contributed by atoms with Crippen LogP contribution in [0.3, 0.4) is 0 Å². The average Bonchev–Trinajstić information content (AvgIpc) is 2.37. The summed E-state index contributed by atoms with van der Waals surface area (Å²) in [7, 11) is 0. The Kier molecular flexibility index (Phi) is 3.64. The van der Waals surface area contributed by atoms with Gasteiger partial charge in [-0.1, -0.05) is 42.0 Å². The van der Waals surface area contributed by atoms with E-state index in [2.05, 4.69) is 4.98 Å². The highest BCUT2D eigenvalue weighted by atomic mass is 32.1. The molecular weight excluding hydrogens is 285 g/mol. The van der Waals surface area contributed by atoms with Gasteiger partial charge in [0.05, 0.1) is 11.1 Å². The number of benzene rings is 1. The van der Waals surface area contributed by atoms with Gasteiger partial charge in [-0.2, -0.15) is 18.4 Å². The summed E-state index contributed by atoms with van der Waals surface area (Å²) in [4.78, 5) is 2.67. The topological polar surface area (TPSA) is 39.6 Å².